The number of benzene rings is 1. The predicted octanol–water partition coefficient (Wildman–Crippen LogP) is 1.92. The molecule has 0 aliphatic rings. The zero-order valence-corrected chi connectivity index (χ0v) is 11.1. The van der Waals surface area contributed by atoms with Crippen molar-refractivity contribution in [3.8, 4) is 17.0 Å². The lowest BCUT2D eigenvalue weighted by atomic mass is 10.1. The minimum atomic E-state index is -1.29. The van der Waals surface area contributed by atoms with E-state index >= 15 is 0 Å². The molecular weight excluding hydrogens is 260 g/mol. The van der Waals surface area contributed by atoms with Crippen LogP contribution in [0.25, 0.3) is 11.3 Å². The minimum absolute atomic E-state index is 0.0309. The van der Waals surface area contributed by atoms with Crippen LogP contribution >= 0.6 is 0 Å². The van der Waals surface area contributed by atoms with Crippen molar-refractivity contribution in [1.82, 2.24) is 10.2 Å². The van der Waals surface area contributed by atoms with Gasteiger partial charge < -0.3 is 9.84 Å². The number of aromatic nitrogens is 2. The normalized spacial score (nSPS) is 10.6. The monoisotopic (exact) mass is 274 g/mol. The fourth-order valence-corrected chi connectivity index (χ4v) is 1.71. The molecule has 0 saturated heterocycles. The molecule has 2 rings (SSSR count). The number of carboxylic acid groups (broad SMARTS) is 1. The van der Waals surface area contributed by atoms with Crippen molar-refractivity contribution in [2.75, 3.05) is 0 Å². The maximum absolute atomic E-state index is 11.3. The lowest BCUT2D eigenvalue weighted by Crippen LogP contribution is -2.18. The lowest BCUT2D eigenvalue weighted by molar-refractivity contribution is 0.0694. The summed E-state index contributed by atoms with van der Waals surface area (Å²) in [6.45, 7) is 3.82. The summed E-state index contributed by atoms with van der Waals surface area (Å²) in [5.41, 5.74) is -0.0286. The van der Waals surface area contributed by atoms with Crippen molar-refractivity contribution in [3.63, 3.8) is 0 Å². The first-order valence-electron chi connectivity index (χ1n) is 6.07. The summed E-state index contributed by atoms with van der Waals surface area (Å²) in [6, 6.07) is 8.33. The largest absolute Gasteiger partial charge is 0.491 e. The average molecular weight is 274 g/mol. The van der Waals surface area contributed by atoms with E-state index in [0.29, 0.717) is 17.0 Å². The van der Waals surface area contributed by atoms with Crippen molar-refractivity contribution in [3.05, 3.63) is 46.2 Å². The third-order valence-electron chi connectivity index (χ3n) is 2.54. The molecule has 0 radical (unpaired) electrons. The number of carbonyl (C=O) groups is 1. The highest BCUT2D eigenvalue weighted by atomic mass is 16.5. The van der Waals surface area contributed by atoms with E-state index in [4.69, 9.17) is 9.84 Å². The molecule has 2 aromatic rings. The quantitative estimate of drug-likeness (QED) is 0.888. The van der Waals surface area contributed by atoms with Crippen LogP contribution in [0.4, 0.5) is 0 Å². The summed E-state index contributed by atoms with van der Waals surface area (Å²) in [4.78, 5) is 22.3. The van der Waals surface area contributed by atoms with Crippen LogP contribution in [0.1, 0.15) is 24.2 Å². The van der Waals surface area contributed by atoms with E-state index in [0.717, 1.165) is 0 Å². The number of hydrogen-bond donors (Lipinski definition) is 2. The number of nitrogens with one attached hydrogen (secondary N) is 1. The van der Waals surface area contributed by atoms with Crippen LogP contribution < -0.4 is 10.3 Å². The Bertz CT molecular complexity index is 692. The molecule has 0 atom stereocenters. The summed E-state index contributed by atoms with van der Waals surface area (Å²) in [5.74, 6) is -0.633. The van der Waals surface area contributed by atoms with E-state index in [2.05, 4.69) is 10.2 Å². The highest BCUT2D eigenvalue weighted by Crippen LogP contribution is 2.22. The fraction of sp³-hybridized carbons (Fsp3) is 0.214. The number of aromatic carboxylic acids is 1. The standard InChI is InChI=1S/C14H14N2O4/c1-8(2)20-10-5-3-4-9(6-10)12-7-11(14(18)19)13(17)16-15-12/h3-8H,1-2H3,(H,16,17)(H,18,19). The highest BCUT2D eigenvalue weighted by molar-refractivity contribution is 5.88. The second-order valence-electron chi connectivity index (χ2n) is 4.50. The number of H-pyrrole nitrogens is 1. The van der Waals surface area contributed by atoms with E-state index in [1.807, 2.05) is 13.8 Å². The summed E-state index contributed by atoms with van der Waals surface area (Å²) in [7, 11) is 0. The first-order chi connectivity index (χ1) is 9.47. The van der Waals surface area contributed by atoms with Gasteiger partial charge in [0.05, 0.1) is 11.8 Å². The van der Waals surface area contributed by atoms with Gasteiger partial charge in [0.1, 0.15) is 11.3 Å². The Morgan fingerprint density at radius 3 is 2.75 bits per heavy atom. The summed E-state index contributed by atoms with van der Waals surface area (Å²) in [6.07, 6.45) is 0.0309. The van der Waals surface area contributed by atoms with Crippen molar-refractivity contribution in [2.45, 2.75) is 20.0 Å². The van der Waals surface area contributed by atoms with Crippen LogP contribution in [-0.4, -0.2) is 27.4 Å². The van der Waals surface area contributed by atoms with Gasteiger partial charge in [-0.05, 0) is 32.0 Å². The summed E-state index contributed by atoms with van der Waals surface area (Å²) >= 11 is 0. The van der Waals surface area contributed by atoms with Gasteiger partial charge in [0.25, 0.3) is 5.56 Å². The van der Waals surface area contributed by atoms with Crippen molar-refractivity contribution < 1.29 is 14.6 Å². The molecule has 0 amide bonds. The molecule has 1 aromatic carbocycles. The Morgan fingerprint density at radius 2 is 2.10 bits per heavy atom. The van der Waals surface area contributed by atoms with E-state index < -0.39 is 11.5 Å². The van der Waals surface area contributed by atoms with Gasteiger partial charge in [-0.25, -0.2) is 9.89 Å². The second kappa shape index (κ2) is 5.56. The number of aromatic amines is 1. The van der Waals surface area contributed by atoms with Crippen LogP contribution in [0.5, 0.6) is 5.75 Å². The van der Waals surface area contributed by atoms with Gasteiger partial charge in [-0.2, -0.15) is 5.10 Å². The van der Waals surface area contributed by atoms with Gasteiger partial charge in [-0.1, -0.05) is 12.1 Å². The molecule has 0 spiro atoms. The Labute approximate surface area is 115 Å². The van der Waals surface area contributed by atoms with Gasteiger partial charge in [0.2, 0.25) is 0 Å². The molecule has 6 heteroatoms. The third-order valence-corrected chi connectivity index (χ3v) is 2.54. The van der Waals surface area contributed by atoms with Gasteiger partial charge in [0, 0.05) is 5.56 Å². The molecule has 1 aromatic heterocycles. The maximum atomic E-state index is 11.3. The summed E-state index contributed by atoms with van der Waals surface area (Å²) in [5, 5.41) is 15.0. The first kappa shape index (κ1) is 13.8. The third kappa shape index (κ3) is 3.03. The number of carboxylic acids is 1. The van der Waals surface area contributed by atoms with Crippen LogP contribution in [-0.2, 0) is 0 Å². The predicted molar refractivity (Wildman–Crippen MR) is 73.0 cm³/mol. The molecule has 0 aliphatic heterocycles. The van der Waals surface area contributed by atoms with E-state index in [1.165, 1.54) is 6.07 Å². The molecule has 0 fully saturated rings. The maximum Gasteiger partial charge on any atom is 0.341 e. The van der Waals surface area contributed by atoms with Crippen molar-refractivity contribution in [2.24, 2.45) is 0 Å². The van der Waals surface area contributed by atoms with Gasteiger partial charge in [-0.3, -0.25) is 4.79 Å². The van der Waals surface area contributed by atoms with Crippen molar-refractivity contribution in [1.29, 1.82) is 0 Å². The SMILES string of the molecule is CC(C)Oc1cccc(-c2cc(C(=O)O)c(=O)[nH]n2)c1. The zero-order chi connectivity index (χ0) is 14.7. The molecule has 6 nitrogen and oxygen atoms in total. The Kier molecular flexibility index (Phi) is 3.84. The molecule has 20 heavy (non-hydrogen) atoms. The Hall–Kier alpha value is -2.63. The van der Waals surface area contributed by atoms with E-state index in [9.17, 15) is 9.59 Å². The Morgan fingerprint density at radius 1 is 1.35 bits per heavy atom. The molecule has 1 heterocycles. The molecular formula is C14H14N2O4. The minimum Gasteiger partial charge on any atom is -0.491 e. The highest BCUT2D eigenvalue weighted by Gasteiger charge is 2.12. The van der Waals surface area contributed by atoms with E-state index in [1.54, 1.807) is 24.3 Å². The average Bonchev–Trinajstić information content (AvgIpc) is 2.38. The van der Waals surface area contributed by atoms with Gasteiger partial charge in [0.15, 0.2) is 0 Å². The van der Waals surface area contributed by atoms with Gasteiger partial charge in [-0.15, -0.1) is 0 Å². The summed E-state index contributed by atoms with van der Waals surface area (Å²) < 4.78 is 5.56. The lowest BCUT2D eigenvalue weighted by Gasteiger charge is -2.10. The van der Waals surface area contributed by atoms with Crippen LogP contribution in [0.15, 0.2) is 35.1 Å². The van der Waals surface area contributed by atoms with Gasteiger partial charge >= 0.3 is 5.97 Å². The smallest absolute Gasteiger partial charge is 0.341 e. The van der Waals surface area contributed by atoms with Crippen LogP contribution in [0.2, 0.25) is 0 Å². The number of nitrogens with zero attached hydrogens (tertiary/aromatic N) is 1. The Balaban J connectivity index is 2.44. The second-order valence-corrected chi connectivity index (χ2v) is 4.50. The fourth-order valence-electron chi connectivity index (χ4n) is 1.71. The van der Waals surface area contributed by atoms with Crippen molar-refractivity contribution >= 4 is 5.97 Å². The molecule has 0 aliphatic carbocycles. The first-order valence-corrected chi connectivity index (χ1v) is 6.07. The molecule has 2 N–H and O–H groups in total. The topological polar surface area (TPSA) is 92.3 Å². The zero-order valence-electron chi connectivity index (χ0n) is 11.1. The molecule has 104 valence electrons. The molecule has 0 unspecified atom stereocenters. The number of ether oxygens (including phenoxy) is 1. The van der Waals surface area contributed by atoms with Crippen LogP contribution in [0, 0.1) is 0 Å². The number of hydrogen-bond acceptors (Lipinski definition) is 4. The van der Waals surface area contributed by atoms with E-state index in [-0.39, 0.29) is 11.7 Å². The number of rotatable bonds is 4. The van der Waals surface area contributed by atoms with Crippen LogP contribution in [0.3, 0.4) is 0 Å². The molecule has 0 saturated carbocycles. The molecule has 0 bridgehead atoms.